The predicted octanol–water partition coefficient (Wildman–Crippen LogP) is 16.9. The van der Waals surface area contributed by atoms with Gasteiger partial charge in [-0.15, -0.1) is 0 Å². The van der Waals surface area contributed by atoms with E-state index in [1.54, 1.807) is 14.2 Å². The van der Waals surface area contributed by atoms with E-state index in [1.807, 2.05) is 13.1 Å². The molecule has 0 saturated carbocycles. The second-order valence-corrected chi connectivity index (χ2v) is 119. The molecule has 1 aliphatic heterocycles. The van der Waals surface area contributed by atoms with Crippen LogP contribution in [0.3, 0.4) is 0 Å². The quantitative estimate of drug-likeness (QED) is 0.0527. The molecule has 7 atom stereocenters. The summed E-state index contributed by atoms with van der Waals surface area (Å²) in [7, 11) is -35.6. The molecule has 0 spiro atoms. The molecule has 7 unspecified atom stereocenters. The van der Waals surface area contributed by atoms with Crippen molar-refractivity contribution in [1.82, 2.24) is 0 Å². The molecule has 0 aromatic heterocycles. The summed E-state index contributed by atoms with van der Waals surface area (Å²) in [5.74, 6) is 0. The number of hydrogen-bond acceptors (Lipinski definition) is 22. The largest absolute Gasteiger partial charge is 0.442 e. The van der Waals surface area contributed by atoms with Crippen molar-refractivity contribution in [3.05, 3.63) is 0 Å². The van der Waals surface area contributed by atoms with E-state index in [0.29, 0.717) is 0 Å². The van der Waals surface area contributed by atoms with Gasteiger partial charge in [0.05, 0.1) is 0 Å². The van der Waals surface area contributed by atoms with Gasteiger partial charge in [-0.1, -0.05) is 21.3 Å². The smallest absolute Gasteiger partial charge is 0.360 e. The van der Waals surface area contributed by atoms with Crippen molar-refractivity contribution in [2.24, 2.45) is 0 Å². The predicted molar refractivity (Wildman–Crippen MR) is 522 cm³/mol. The van der Waals surface area contributed by atoms with Gasteiger partial charge in [-0.2, -0.15) is 0 Å². The van der Waals surface area contributed by atoms with Gasteiger partial charge in [0.25, 0.3) is 37.1 Å². The van der Waals surface area contributed by atoms with Crippen LogP contribution >= 0.6 is 0 Å². The summed E-state index contributed by atoms with van der Waals surface area (Å²) >= 11 is 0. The first-order valence-corrected chi connectivity index (χ1v) is 108. The van der Waals surface area contributed by atoms with Crippen LogP contribution in [-0.4, -0.2) is 250 Å². The van der Waals surface area contributed by atoms with Crippen molar-refractivity contribution in [2.75, 3.05) is 20.8 Å². The molecule has 106 heavy (non-hydrogen) atoms. The Balaban J connectivity index is -0.000000148. The standard InChI is InChI=1S/C10H31O4Si5.C9H30O4Si5.C9H28O3Si4.C7H24O3Si4.C7H22O3Si3.C7H18O2Si2.C6H20O3Si3.2CH4.Y/c1-15(11-17(3,4)5)13-19(9,10)14-16(2)12-18(6,7)8;1-14(2)10-16(5)12-18(8,9)13-17(6,7)11-15(3)4;1-13(10-14(2,3)4)11-16(8,9)12-15(5,6)7;1-11(2)8-13(5)10-14(6,7)9-12(3)4;1-8-11(2)9-13(6,7)10-12(3,4)5;1-10-7-5-4-6-8-11(2,3)9-10;1-7-11(4)9-12(5,6)8-10(2)3;;;/h15H,1-10H3;14-16H,1-9H3;13H,1-9H3;11-13H,1-7H3;11H,1-7H3;10H,4-7H2,1-3H3;10-11H,1-6H3;2*1H4;. The van der Waals surface area contributed by atoms with Crippen LogP contribution in [0.5, 0.6) is 0 Å². The Kier molecular flexibility index (Phi) is 74.0. The summed E-state index contributed by atoms with van der Waals surface area (Å²) in [6.07, 6.45) is 2.54. The molecule has 0 N–H and O–H groups in total. The SMILES string of the molecule is C.C.CO[SiH](C)O[Si](C)(C)O[SiH](C)C.CO[SiH](C)O[Si](C)(C)O[Si](C)(C)C.C[SiH](C)O[SiH](C)O[Si](C)(C)O[SiH](C)C.C[SiH](C)O[SiH](C)O[Si](C)(C)O[Si](C)(C)O[SiH](C)C.C[SiH](O[Si](C)(C)C)O[Si](C)(C)O[Si](C)(C)C.C[SiH]1CCCCO[Si](C)(C)O1.C[Si](O[Si](C)(C)C)O[Si](C)(C)O[SiH](C)O[Si](C)(C)C.[Y]. The van der Waals surface area contributed by atoms with E-state index < -0.39 is 229 Å². The number of hydrogen-bond donors (Lipinski definition) is 0. The summed E-state index contributed by atoms with van der Waals surface area (Å²) in [6.45, 7) is 106. The van der Waals surface area contributed by atoms with Crippen LogP contribution in [0.1, 0.15) is 27.7 Å². The van der Waals surface area contributed by atoms with Crippen LogP contribution in [0.25, 0.3) is 0 Å². The van der Waals surface area contributed by atoms with Crippen LogP contribution in [0, 0.1) is 0 Å². The summed E-state index contributed by atoms with van der Waals surface area (Å²) in [5.41, 5.74) is 0. The molecule has 1 heterocycles. The van der Waals surface area contributed by atoms with E-state index in [0.717, 1.165) is 6.61 Å². The van der Waals surface area contributed by atoms with Crippen LogP contribution < -0.4 is 0 Å². The maximum Gasteiger partial charge on any atom is 0.360 e. The van der Waals surface area contributed by atoms with E-state index in [4.69, 9.17) is 91.5 Å². The molecule has 0 aromatic rings. The molecule has 0 bridgehead atoms. The Morgan fingerprint density at radius 1 is 0.321 bits per heavy atom. The number of rotatable bonds is 38. The molecule has 49 heteroatoms. The maximum atomic E-state index is 6.23. The zero-order valence-corrected chi connectivity index (χ0v) is 108. The van der Waals surface area contributed by atoms with Crippen molar-refractivity contribution in [3.8, 4) is 0 Å². The van der Waals surface area contributed by atoms with Gasteiger partial charge in [-0.05, 0) is 333 Å². The van der Waals surface area contributed by atoms with Gasteiger partial charge >= 0.3 is 96.3 Å². The minimum absolute atomic E-state index is 0. The molecule has 0 amide bonds. The van der Waals surface area contributed by atoms with Gasteiger partial charge in [0, 0.05) is 53.5 Å². The van der Waals surface area contributed by atoms with Gasteiger partial charge in [-0.25, -0.2) is 0 Å². The third kappa shape index (κ3) is 98.7. The molecule has 22 nitrogen and oxygen atoms in total. The maximum absolute atomic E-state index is 6.23. The molecular formula is C57H181O22Si26Y. The van der Waals surface area contributed by atoms with Gasteiger partial charge in [-0.3, -0.25) is 0 Å². The molecule has 1 aliphatic rings. The van der Waals surface area contributed by atoms with E-state index in [1.165, 1.54) is 18.9 Å². The first-order valence-electron chi connectivity index (χ1n) is 37.8. The molecule has 648 valence electrons. The summed E-state index contributed by atoms with van der Waals surface area (Å²) < 4.78 is 130. The monoisotopic (exact) mass is 2030 g/mol. The molecule has 1 saturated heterocycles. The summed E-state index contributed by atoms with van der Waals surface area (Å²) in [4.78, 5) is 0. The Morgan fingerprint density at radius 2 is 0.594 bits per heavy atom. The summed E-state index contributed by atoms with van der Waals surface area (Å²) in [6, 6.07) is 1.33. The Labute approximate surface area is 721 Å². The average Bonchev–Trinajstić information content (AvgIpc) is 0.874. The summed E-state index contributed by atoms with van der Waals surface area (Å²) in [5, 5.41) is 0. The van der Waals surface area contributed by atoms with Gasteiger partial charge < -0.3 is 91.5 Å². The van der Waals surface area contributed by atoms with Gasteiger partial charge in [0.1, 0.15) is 0 Å². The van der Waals surface area contributed by atoms with E-state index >= 15 is 0 Å². The second kappa shape index (κ2) is 60.4. The van der Waals surface area contributed by atoms with E-state index in [-0.39, 0.29) is 47.6 Å². The molecule has 0 aliphatic carbocycles. The fraction of sp³-hybridized carbons (Fsp3) is 1.00. The Morgan fingerprint density at radius 3 is 0.887 bits per heavy atom. The van der Waals surface area contributed by atoms with Crippen LogP contribution in [0.2, 0.25) is 327 Å². The fourth-order valence-electron chi connectivity index (χ4n) is 10.5. The van der Waals surface area contributed by atoms with Crippen LogP contribution in [-0.2, 0) is 124 Å². The van der Waals surface area contributed by atoms with Crippen molar-refractivity contribution in [3.63, 3.8) is 0 Å². The average molecular weight is 2040 g/mol. The molecule has 2 radical (unpaired) electrons. The van der Waals surface area contributed by atoms with Crippen LogP contribution in [0.15, 0.2) is 0 Å². The van der Waals surface area contributed by atoms with E-state index in [2.05, 4.69) is 308 Å². The van der Waals surface area contributed by atoms with Gasteiger partial charge in [0.2, 0.25) is 0 Å². The van der Waals surface area contributed by atoms with Crippen molar-refractivity contribution in [2.45, 2.75) is 355 Å². The Bertz CT molecular complexity index is 2090. The Hall–Kier alpha value is 5.86. The minimum atomic E-state index is -2.13. The van der Waals surface area contributed by atoms with E-state index in [9.17, 15) is 0 Å². The first-order chi connectivity index (χ1) is 45.3. The van der Waals surface area contributed by atoms with Crippen molar-refractivity contribution in [1.29, 1.82) is 0 Å². The zero-order valence-electron chi connectivity index (χ0n) is 77.3. The minimum Gasteiger partial charge on any atom is -0.442 e. The topological polar surface area (TPSA) is 203 Å². The van der Waals surface area contributed by atoms with Crippen molar-refractivity contribution < 1.29 is 124 Å². The van der Waals surface area contributed by atoms with Crippen LogP contribution in [0.4, 0.5) is 0 Å². The molecule has 1 rings (SSSR count). The van der Waals surface area contributed by atoms with Gasteiger partial charge in [0.15, 0.2) is 95.8 Å². The molecular weight excluding hydrogens is 1860 g/mol. The zero-order chi connectivity index (χ0) is 83.4. The third-order valence-corrected chi connectivity index (χ3v) is 87.9. The second-order valence-electron chi connectivity index (χ2n) is 35.7. The third-order valence-electron chi connectivity index (χ3n) is 11.3. The first kappa shape index (κ1) is 130. The fourth-order valence-corrected chi connectivity index (χ4v) is 94.9. The molecule has 1 fully saturated rings. The van der Waals surface area contributed by atoms with Crippen molar-refractivity contribution >= 4 is 229 Å². The molecule has 0 aromatic carbocycles. The normalized spacial score (nSPS) is 17.0.